The van der Waals surface area contributed by atoms with Crippen molar-refractivity contribution in [1.29, 1.82) is 0 Å². The summed E-state index contributed by atoms with van der Waals surface area (Å²) in [5, 5.41) is 1.61. The molecule has 1 amide bonds. The van der Waals surface area contributed by atoms with Gasteiger partial charge in [-0.1, -0.05) is 36.4 Å². The van der Waals surface area contributed by atoms with Gasteiger partial charge >= 0.3 is 0 Å². The topological polar surface area (TPSA) is 57.7 Å². The Labute approximate surface area is 161 Å². The van der Waals surface area contributed by atoms with Gasteiger partial charge in [0.25, 0.3) is 0 Å². The van der Waals surface area contributed by atoms with Crippen LogP contribution in [-0.4, -0.2) is 48.2 Å². The van der Waals surface area contributed by atoms with E-state index in [-0.39, 0.29) is 11.9 Å². The molecule has 2 fully saturated rings. The summed E-state index contributed by atoms with van der Waals surface area (Å²) >= 11 is 0. The number of nitrogens with zero attached hydrogens (tertiary/aromatic N) is 2. The van der Waals surface area contributed by atoms with Gasteiger partial charge in [-0.15, -0.1) is 0 Å². The number of carbonyl (C=O) groups excluding carboxylic acids is 1. The van der Waals surface area contributed by atoms with E-state index in [9.17, 15) is 13.2 Å². The molecule has 2 aliphatic heterocycles. The Morgan fingerprint density at radius 1 is 0.963 bits per heavy atom. The highest BCUT2D eigenvalue weighted by Gasteiger charge is 2.55. The Morgan fingerprint density at radius 2 is 1.63 bits per heavy atom. The van der Waals surface area contributed by atoms with Crippen LogP contribution in [0.1, 0.15) is 39.5 Å². The molecule has 1 atom stereocenters. The lowest BCUT2D eigenvalue weighted by Gasteiger charge is -2.45. The zero-order valence-corrected chi connectivity index (χ0v) is 16.7. The largest absolute Gasteiger partial charge is 0.339 e. The fraction of sp³-hybridized carbons (Fsp3) is 0.476. The van der Waals surface area contributed by atoms with Gasteiger partial charge in [0.2, 0.25) is 15.9 Å². The van der Waals surface area contributed by atoms with E-state index in [1.165, 1.54) is 4.31 Å². The van der Waals surface area contributed by atoms with Gasteiger partial charge in [0, 0.05) is 24.5 Å². The second-order valence-electron chi connectivity index (χ2n) is 7.89. The van der Waals surface area contributed by atoms with Crippen molar-refractivity contribution in [2.75, 3.05) is 13.1 Å². The Bertz CT molecular complexity index is 981. The lowest BCUT2D eigenvalue weighted by Crippen LogP contribution is -2.62. The molecule has 2 heterocycles. The molecule has 27 heavy (non-hydrogen) atoms. The third kappa shape index (κ3) is 2.77. The molecule has 2 aliphatic rings. The number of hydrogen-bond acceptors (Lipinski definition) is 3. The molecule has 0 N–H and O–H groups in total. The molecule has 0 aromatic heterocycles. The predicted octanol–water partition coefficient (Wildman–Crippen LogP) is 3.39. The molecule has 0 saturated carbocycles. The van der Waals surface area contributed by atoms with Crippen LogP contribution in [0.5, 0.6) is 0 Å². The summed E-state index contributed by atoms with van der Waals surface area (Å²) in [7, 11) is -3.77. The number of hydrogen-bond donors (Lipinski definition) is 0. The van der Waals surface area contributed by atoms with Crippen molar-refractivity contribution in [3.63, 3.8) is 0 Å². The van der Waals surface area contributed by atoms with E-state index in [2.05, 4.69) is 0 Å². The molecule has 6 heteroatoms. The van der Waals surface area contributed by atoms with Gasteiger partial charge in [0.15, 0.2) is 0 Å². The summed E-state index contributed by atoms with van der Waals surface area (Å²) in [5.74, 6) is -0.0231. The van der Waals surface area contributed by atoms with Crippen LogP contribution < -0.4 is 0 Å². The predicted molar refractivity (Wildman–Crippen MR) is 106 cm³/mol. The summed E-state index contributed by atoms with van der Waals surface area (Å²) in [4.78, 5) is 15.5. The van der Waals surface area contributed by atoms with E-state index in [4.69, 9.17) is 0 Å². The lowest BCUT2D eigenvalue weighted by atomic mass is 9.86. The quantitative estimate of drug-likeness (QED) is 0.812. The van der Waals surface area contributed by atoms with Crippen molar-refractivity contribution < 1.29 is 13.2 Å². The molecule has 1 spiro atoms. The smallest absolute Gasteiger partial charge is 0.244 e. The third-order valence-electron chi connectivity index (χ3n) is 6.02. The van der Waals surface area contributed by atoms with Crippen molar-refractivity contribution in [1.82, 2.24) is 9.21 Å². The van der Waals surface area contributed by atoms with Gasteiger partial charge in [0.05, 0.1) is 4.90 Å². The molecule has 5 nitrogen and oxygen atoms in total. The minimum atomic E-state index is -3.77. The summed E-state index contributed by atoms with van der Waals surface area (Å²) in [5.41, 5.74) is -0.918. The van der Waals surface area contributed by atoms with E-state index in [1.54, 1.807) is 12.1 Å². The molecule has 4 rings (SSSR count). The number of sulfonamides is 1. The molecule has 2 saturated heterocycles. The van der Waals surface area contributed by atoms with E-state index in [0.717, 1.165) is 18.2 Å². The van der Waals surface area contributed by atoms with Gasteiger partial charge in [-0.25, -0.2) is 8.42 Å². The van der Waals surface area contributed by atoms with Crippen LogP contribution in [0, 0.1) is 0 Å². The monoisotopic (exact) mass is 386 g/mol. The summed E-state index contributed by atoms with van der Waals surface area (Å²) in [6, 6.07) is 13.0. The molecule has 0 bridgehead atoms. The van der Waals surface area contributed by atoms with Gasteiger partial charge < -0.3 is 4.90 Å². The number of rotatable bonds is 3. The van der Waals surface area contributed by atoms with Crippen LogP contribution in [0.4, 0.5) is 0 Å². The van der Waals surface area contributed by atoms with Crippen LogP contribution in [0.25, 0.3) is 10.8 Å². The Kier molecular flexibility index (Phi) is 4.51. The average molecular weight is 387 g/mol. The molecule has 2 aromatic rings. The zero-order chi connectivity index (χ0) is 19.2. The lowest BCUT2D eigenvalue weighted by molar-refractivity contribution is -0.146. The van der Waals surface area contributed by atoms with Crippen LogP contribution in [-0.2, 0) is 14.8 Å². The number of carbonyl (C=O) groups is 1. The Hall–Kier alpha value is -1.92. The maximum atomic E-state index is 13.7. The van der Waals surface area contributed by atoms with Crippen LogP contribution >= 0.6 is 0 Å². The van der Waals surface area contributed by atoms with Gasteiger partial charge in [-0.05, 0) is 51.0 Å². The summed E-state index contributed by atoms with van der Waals surface area (Å²) in [6.45, 7) is 5.11. The number of benzene rings is 2. The summed E-state index contributed by atoms with van der Waals surface area (Å²) in [6.07, 6.45) is 2.78. The number of piperidine rings is 1. The molecule has 0 aliphatic carbocycles. The second kappa shape index (κ2) is 6.60. The van der Waals surface area contributed by atoms with Crippen molar-refractivity contribution in [2.45, 2.75) is 56.0 Å². The molecule has 2 aromatic carbocycles. The minimum absolute atomic E-state index is 0.0231. The van der Waals surface area contributed by atoms with Crippen molar-refractivity contribution in [3.05, 3.63) is 42.5 Å². The molecular formula is C21H26N2O3S. The van der Waals surface area contributed by atoms with Crippen molar-refractivity contribution in [3.8, 4) is 0 Å². The van der Waals surface area contributed by atoms with Crippen LogP contribution in [0.15, 0.2) is 47.4 Å². The first-order valence-electron chi connectivity index (χ1n) is 9.70. The number of fused-ring (bicyclic) bond motifs is 1. The maximum absolute atomic E-state index is 13.7. The highest BCUT2D eigenvalue weighted by molar-refractivity contribution is 7.89. The van der Waals surface area contributed by atoms with Gasteiger partial charge in [0.1, 0.15) is 5.54 Å². The Morgan fingerprint density at radius 3 is 2.37 bits per heavy atom. The fourth-order valence-electron chi connectivity index (χ4n) is 4.72. The van der Waals surface area contributed by atoms with Gasteiger partial charge in [-0.3, -0.25) is 4.79 Å². The number of amides is 1. The first-order chi connectivity index (χ1) is 12.9. The van der Waals surface area contributed by atoms with Crippen molar-refractivity contribution >= 4 is 26.7 Å². The summed E-state index contributed by atoms with van der Waals surface area (Å²) < 4.78 is 28.9. The molecule has 144 valence electrons. The SMILES string of the molecule is CC(C)N1CCCC2(CCCN2S(=O)(=O)c2cccc3ccccc23)C1=O. The normalized spacial score (nSPS) is 24.4. The Balaban J connectivity index is 1.82. The highest BCUT2D eigenvalue weighted by Crippen LogP contribution is 2.43. The van der Waals surface area contributed by atoms with Gasteiger partial charge in [-0.2, -0.15) is 4.31 Å². The highest BCUT2D eigenvalue weighted by atomic mass is 32.2. The maximum Gasteiger partial charge on any atom is 0.244 e. The van der Waals surface area contributed by atoms with Crippen LogP contribution in [0.2, 0.25) is 0 Å². The van der Waals surface area contributed by atoms with E-state index in [0.29, 0.717) is 36.2 Å². The fourth-order valence-corrected chi connectivity index (χ4v) is 6.76. The molecule has 1 unspecified atom stereocenters. The van der Waals surface area contributed by atoms with Crippen LogP contribution in [0.3, 0.4) is 0 Å². The average Bonchev–Trinajstić information content (AvgIpc) is 3.08. The van der Waals surface area contributed by atoms with E-state index < -0.39 is 15.6 Å². The first-order valence-corrected chi connectivity index (χ1v) is 11.1. The third-order valence-corrected chi connectivity index (χ3v) is 8.04. The molecular weight excluding hydrogens is 360 g/mol. The van der Waals surface area contributed by atoms with E-state index in [1.807, 2.05) is 49.1 Å². The van der Waals surface area contributed by atoms with E-state index >= 15 is 0 Å². The standard InChI is InChI=1S/C21H26N2O3S/c1-16(2)22-14-6-12-21(20(22)24)13-7-15-23(21)27(25,26)19-11-5-9-17-8-3-4-10-18(17)19/h3-5,8-11,16H,6-7,12-15H2,1-2H3. The molecule has 0 radical (unpaired) electrons. The number of likely N-dealkylation sites (tertiary alicyclic amines) is 1. The second-order valence-corrected chi connectivity index (χ2v) is 9.72. The minimum Gasteiger partial charge on any atom is -0.339 e. The first kappa shape index (κ1) is 18.4. The van der Waals surface area contributed by atoms with Crippen molar-refractivity contribution in [2.24, 2.45) is 0 Å². The zero-order valence-electron chi connectivity index (χ0n) is 15.9.